The van der Waals surface area contributed by atoms with E-state index in [1.807, 2.05) is 6.92 Å². The first-order valence-corrected chi connectivity index (χ1v) is 6.26. The summed E-state index contributed by atoms with van der Waals surface area (Å²) >= 11 is 0. The van der Waals surface area contributed by atoms with Crippen LogP contribution in [-0.4, -0.2) is 39.4 Å². The van der Waals surface area contributed by atoms with Crippen molar-refractivity contribution in [3.63, 3.8) is 0 Å². The molecule has 0 amide bonds. The van der Waals surface area contributed by atoms with E-state index in [0.717, 1.165) is 19.5 Å². The maximum absolute atomic E-state index is 12.7. The summed E-state index contributed by atoms with van der Waals surface area (Å²) in [4.78, 5) is 0. The average molecular weight is 288 g/mol. The lowest BCUT2D eigenvalue weighted by atomic mass is 10.4. The molecule has 9 heteroatoms. The van der Waals surface area contributed by atoms with Crippen LogP contribution in [0.15, 0.2) is 12.1 Å². The Morgan fingerprint density at radius 2 is 2.00 bits per heavy atom. The molecular formula is C11H15F3N6. The van der Waals surface area contributed by atoms with Crippen LogP contribution < -0.4 is 10.6 Å². The van der Waals surface area contributed by atoms with E-state index < -0.39 is 12.0 Å². The summed E-state index contributed by atoms with van der Waals surface area (Å²) in [6.07, 6.45) is -3.72. The summed E-state index contributed by atoms with van der Waals surface area (Å²) in [5, 5.41) is 16.5. The molecule has 0 unspecified atom stereocenters. The molecule has 110 valence electrons. The van der Waals surface area contributed by atoms with Crippen molar-refractivity contribution in [2.24, 2.45) is 0 Å². The van der Waals surface area contributed by atoms with Crippen LogP contribution in [0.1, 0.15) is 19.2 Å². The number of nitrogens with one attached hydrogen (secondary N) is 2. The minimum Gasteiger partial charge on any atom is -0.369 e. The topological polar surface area (TPSA) is 67.1 Å². The number of hydrogen-bond donors (Lipinski definition) is 2. The highest BCUT2D eigenvalue weighted by molar-refractivity contribution is 5.44. The average Bonchev–Trinajstić information content (AvgIpc) is 2.81. The predicted octanol–water partition coefficient (Wildman–Crippen LogP) is 1.55. The van der Waals surface area contributed by atoms with Crippen LogP contribution in [0.2, 0.25) is 0 Å². The SMILES string of the molecule is CCNCCCNc1ccc2nnc(C(F)(F)F)n2n1. The maximum atomic E-state index is 12.7. The number of hydrogen-bond acceptors (Lipinski definition) is 5. The molecule has 0 saturated carbocycles. The Bertz CT molecular complexity index is 565. The van der Waals surface area contributed by atoms with Gasteiger partial charge in [-0.3, -0.25) is 0 Å². The molecule has 0 bridgehead atoms. The quantitative estimate of drug-likeness (QED) is 0.790. The maximum Gasteiger partial charge on any atom is 0.453 e. The van der Waals surface area contributed by atoms with Gasteiger partial charge in [0.05, 0.1) is 0 Å². The third-order valence-corrected chi connectivity index (χ3v) is 2.60. The summed E-state index contributed by atoms with van der Waals surface area (Å²) in [7, 11) is 0. The molecule has 0 aromatic carbocycles. The number of rotatable bonds is 6. The summed E-state index contributed by atoms with van der Waals surface area (Å²) in [6.45, 7) is 4.36. The number of aromatic nitrogens is 4. The van der Waals surface area contributed by atoms with Gasteiger partial charge in [0.1, 0.15) is 5.82 Å². The van der Waals surface area contributed by atoms with E-state index in [2.05, 4.69) is 25.9 Å². The van der Waals surface area contributed by atoms with Gasteiger partial charge in [-0.15, -0.1) is 15.3 Å². The normalized spacial score (nSPS) is 12.0. The highest BCUT2D eigenvalue weighted by Crippen LogP contribution is 2.27. The zero-order chi connectivity index (χ0) is 14.6. The van der Waals surface area contributed by atoms with E-state index in [1.54, 1.807) is 6.07 Å². The fraction of sp³-hybridized carbons (Fsp3) is 0.545. The first-order chi connectivity index (χ1) is 9.52. The second-order valence-corrected chi connectivity index (χ2v) is 4.14. The minimum atomic E-state index is -4.57. The zero-order valence-electron chi connectivity index (χ0n) is 10.9. The first kappa shape index (κ1) is 14.5. The van der Waals surface area contributed by atoms with Crippen LogP contribution in [0.5, 0.6) is 0 Å². The number of nitrogens with zero attached hydrogens (tertiary/aromatic N) is 4. The predicted molar refractivity (Wildman–Crippen MR) is 67.4 cm³/mol. The fourth-order valence-corrected chi connectivity index (χ4v) is 1.67. The number of anilines is 1. The molecule has 0 atom stereocenters. The molecule has 0 spiro atoms. The van der Waals surface area contributed by atoms with E-state index in [1.165, 1.54) is 6.07 Å². The second-order valence-electron chi connectivity index (χ2n) is 4.14. The third kappa shape index (κ3) is 3.35. The van der Waals surface area contributed by atoms with Gasteiger partial charge in [0.2, 0.25) is 0 Å². The molecule has 0 aliphatic carbocycles. The lowest BCUT2D eigenvalue weighted by Crippen LogP contribution is -2.18. The monoisotopic (exact) mass is 288 g/mol. The Balaban J connectivity index is 2.08. The van der Waals surface area contributed by atoms with Crippen molar-refractivity contribution in [2.75, 3.05) is 25.0 Å². The molecule has 20 heavy (non-hydrogen) atoms. The molecule has 2 heterocycles. The van der Waals surface area contributed by atoms with Gasteiger partial charge in [0, 0.05) is 6.54 Å². The van der Waals surface area contributed by atoms with Gasteiger partial charge >= 0.3 is 6.18 Å². The van der Waals surface area contributed by atoms with E-state index in [9.17, 15) is 13.2 Å². The van der Waals surface area contributed by atoms with Crippen molar-refractivity contribution in [1.29, 1.82) is 0 Å². The van der Waals surface area contributed by atoms with Crippen molar-refractivity contribution in [1.82, 2.24) is 25.1 Å². The first-order valence-electron chi connectivity index (χ1n) is 6.26. The van der Waals surface area contributed by atoms with Gasteiger partial charge in [-0.2, -0.15) is 17.7 Å². The van der Waals surface area contributed by atoms with E-state index in [0.29, 0.717) is 16.9 Å². The standard InChI is InChI=1S/C11H15F3N6/c1-2-15-6-3-7-16-8-4-5-9-17-18-10(11(12,13)14)20(9)19-8/h4-5,15H,2-3,6-7H2,1H3,(H,16,19). The van der Waals surface area contributed by atoms with Crippen molar-refractivity contribution < 1.29 is 13.2 Å². The van der Waals surface area contributed by atoms with Crippen LogP contribution in [0.25, 0.3) is 5.65 Å². The van der Waals surface area contributed by atoms with Crippen molar-refractivity contribution in [3.8, 4) is 0 Å². The molecule has 6 nitrogen and oxygen atoms in total. The highest BCUT2D eigenvalue weighted by atomic mass is 19.4. The summed E-state index contributed by atoms with van der Waals surface area (Å²) in [6, 6.07) is 3.03. The zero-order valence-corrected chi connectivity index (χ0v) is 10.9. The molecule has 0 radical (unpaired) electrons. The Morgan fingerprint density at radius 1 is 1.20 bits per heavy atom. The molecule has 2 N–H and O–H groups in total. The number of halogens is 3. The van der Waals surface area contributed by atoms with Gasteiger partial charge in [-0.25, -0.2) is 0 Å². The van der Waals surface area contributed by atoms with Crippen LogP contribution in [-0.2, 0) is 6.18 Å². The number of fused-ring (bicyclic) bond motifs is 1. The Morgan fingerprint density at radius 3 is 2.70 bits per heavy atom. The molecule has 0 fully saturated rings. The molecule has 2 aromatic heterocycles. The largest absolute Gasteiger partial charge is 0.453 e. The molecule has 2 aromatic rings. The van der Waals surface area contributed by atoms with Gasteiger partial charge < -0.3 is 10.6 Å². The van der Waals surface area contributed by atoms with Gasteiger partial charge in [-0.1, -0.05) is 6.92 Å². The minimum absolute atomic E-state index is 0.0653. The fourth-order valence-electron chi connectivity index (χ4n) is 1.67. The molecule has 0 aliphatic rings. The Kier molecular flexibility index (Phi) is 4.38. The molecule has 0 aliphatic heterocycles. The van der Waals surface area contributed by atoms with Gasteiger partial charge in [0.25, 0.3) is 5.82 Å². The van der Waals surface area contributed by atoms with Crippen LogP contribution in [0, 0.1) is 0 Å². The van der Waals surface area contributed by atoms with Crippen LogP contribution >= 0.6 is 0 Å². The Hall–Kier alpha value is -1.90. The lowest BCUT2D eigenvalue weighted by molar-refractivity contribution is -0.146. The summed E-state index contributed by atoms with van der Waals surface area (Å²) in [5.41, 5.74) is 0.0653. The molecular weight excluding hydrogens is 273 g/mol. The van der Waals surface area contributed by atoms with Crippen molar-refractivity contribution >= 4 is 11.5 Å². The van der Waals surface area contributed by atoms with Crippen molar-refractivity contribution in [3.05, 3.63) is 18.0 Å². The Labute approximate surface area is 113 Å². The molecule has 2 rings (SSSR count). The van der Waals surface area contributed by atoms with Gasteiger partial charge in [-0.05, 0) is 31.6 Å². The third-order valence-electron chi connectivity index (χ3n) is 2.60. The summed E-state index contributed by atoms with van der Waals surface area (Å²) in [5.74, 6) is -0.761. The lowest BCUT2D eigenvalue weighted by Gasteiger charge is -2.07. The number of alkyl halides is 3. The van der Waals surface area contributed by atoms with E-state index in [4.69, 9.17) is 0 Å². The van der Waals surface area contributed by atoms with Gasteiger partial charge in [0.15, 0.2) is 5.65 Å². The van der Waals surface area contributed by atoms with Crippen molar-refractivity contribution in [2.45, 2.75) is 19.5 Å². The van der Waals surface area contributed by atoms with Crippen LogP contribution in [0.4, 0.5) is 19.0 Å². The van der Waals surface area contributed by atoms with E-state index >= 15 is 0 Å². The van der Waals surface area contributed by atoms with Crippen LogP contribution in [0.3, 0.4) is 0 Å². The second kappa shape index (κ2) is 6.04. The summed E-state index contributed by atoms with van der Waals surface area (Å²) < 4.78 is 38.7. The van der Waals surface area contributed by atoms with E-state index in [-0.39, 0.29) is 5.65 Å². The molecule has 0 saturated heterocycles. The highest BCUT2D eigenvalue weighted by Gasteiger charge is 2.37. The smallest absolute Gasteiger partial charge is 0.369 e.